The highest BCUT2D eigenvalue weighted by Gasteiger charge is 2.17. The molecule has 1 aliphatic heterocycles. The highest BCUT2D eigenvalue weighted by Crippen LogP contribution is 2.28. The Kier molecular flexibility index (Phi) is 6.25. The predicted octanol–water partition coefficient (Wildman–Crippen LogP) is 0.191. The number of ether oxygens (including phenoxy) is 1. The molecule has 1 aliphatic rings. The number of halogens is 1. The summed E-state index contributed by atoms with van der Waals surface area (Å²) >= 11 is 1.53. The van der Waals surface area contributed by atoms with E-state index in [9.17, 15) is 4.79 Å². The number of hydrogen-bond donors (Lipinski definition) is 1. The smallest absolute Gasteiger partial charge is 0.329 e. The average Bonchev–Trinajstić information content (AvgIpc) is 3.17. The van der Waals surface area contributed by atoms with Crippen LogP contribution < -0.4 is 10.2 Å². The minimum Gasteiger partial charge on any atom is -0.465 e. The van der Waals surface area contributed by atoms with Crippen molar-refractivity contribution < 1.29 is 9.53 Å². The quantitative estimate of drug-likeness (QED) is 0.755. The first kappa shape index (κ1) is 17.6. The van der Waals surface area contributed by atoms with Crippen LogP contribution in [-0.2, 0) is 16.1 Å². The molecule has 0 saturated carbocycles. The van der Waals surface area contributed by atoms with Crippen LogP contribution in [0.3, 0.4) is 0 Å². The molecular formula is C12H18ClN7O2S. The van der Waals surface area contributed by atoms with Crippen LogP contribution in [0.2, 0.25) is 0 Å². The molecule has 0 radical (unpaired) electrons. The number of tetrazole rings is 1. The number of aromatic nitrogens is 5. The van der Waals surface area contributed by atoms with Gasteiger partial charge in [-0.3, -0.25) is 0 Å². The minimum atomic E-state index is -0.378. The maximum Gasteiger partial charge on any atom is 0.329 e. The van der Waals surface area contributed by atoms with Crippen molar-refractivity contribution in [3.05, 3.63) is 6.20 Å². The average molecular weight is 360 g/mol. The van der Waals surface area contributed by atoms with Crippen LogP contribution in [0.4, 0.5) is 5.13 Å². The number of piperazine rings is 1. The van der Waals surface area contributed by atoms with E-state index >= 15 is 0 Å². The molecule has 11 heteroatoms. The summed E-state index contributed by atoms with van der Waals surface area (Å²) in [6.45, 7) is 5.86. The zero-order valence-electron chi connectivity index (χ0n) is 12.6. The van der Waals surface area contributed by atoms with Gasteiger partial charge < -0.3 is 15.0 Å². The second-order valence-electron chi connectivity index (χ2n) is 4.69. The normalized spacial score (nSPS) is 14.4. The molecule has 23 heavy (non-hydrogen) atoms. The third-order valence-corrected chi connectivity index (χ3v) is 4.18. The summed E-state index contributed by atoms with van der Waals surface area (Å²) in [6, 6.07) is 0. The van der Waals surface area contributed by atoms with Crippen molar-refractivity contribution in [1.29, 1.82) is 0 Å². The summed E-state index contributed by atoms with van der Waals surface area (Å²) in [4.78, 5) is 20.1. The Bertz CT molecular complexity index is 641. The van der Waals surface area contributed by atoms with E-state index in [-0.39, 0.29) is 24.9 Å². The van der Waals surface area contributed by atoms with Crippen molar-refractivity contribution in [3.63, 3.8) is 0 Å². The first-order valence-electron chi connectivity index (χ1n) is 7.11. The number of carbonyl (C=O) groups is 1. The van der Waals surface area contributed by atoms with Crippen molar-refractivity contribution in [2.24, 2.45) is 0 Å². The molecule has 0 amide bonds. The second-order valence-corrected chi connectivity index (χ2v) is 5.70. The number of hydrogen-bond acceptors (Lipinski definition) is 9. The third-order valence-electron chi connectivity index (χ3n) is 3.13. The summed E-state index contributed by atoms with van der Waals surface area (Å²) in [6.07, 6.45) is 1.74. The Morgan fingerprint density at radius 2 is 2.22 bits per heavy atom. The summed E-state index contributed by atoms with van der Waals surface area (Å²) in [5.41, 5.74) is 0. The lowest BCUT2D eigenvalue weighted by molar-refractivity contribution is -0.144. The van der Waals surface area contributed by atoms with E-state index < -0.39 is 0 Å². The van der Waals surface area contributed by atoms with Gasteiger partial charge >= 0.3 is 5.97 Å². The fraction of sp³-hybridized carbons (Fsp3) is 0.583. The summed E-state index contributed by atoms with van der Waals surface area (Å²) in [7, 11) is 0. The van der Waals surface area contributed by atoms with Crippen molar-refractivity contribution in [2.45, 2.75) is 13.5 Å². The number of esters is 1. The Labute approximate surface area is 143 Å². The molecule has 1 fully saturated rings. The zero-order valence-corrected chi connectivity index (χ0v) is 14.3. The first-order valence-corrected chi connectivity index (χ1v) is 7.93. The van der Waals surface area contributed by atoms with Crippen LogP contribution in [0, 0.1) is 0 Å². The lowest BCUT2D eigenvalue weighted by Gasteiger charge is -2.26. The van der Waals surface area contributed by atoms with Crippen LogP contribution in [0.5, 0.6) is 0 Å². The van der Waals surface area contributed by atoms with Crippen molar-refractivity contribution in [2.75, 3.05) is 37.7 Å². The van der Waals surface area contributed by atoms with E-state index in [4.69, 9.17) is 4.74 Å². The number of nitrogens with zero attached hydrogens (tertiary/aromatic N) is 6. The number of thiazole rings is 1. The Morgan fingerprint density at radius 3 is 2.96 bits per heavy atom. The van der Waals surface area contributed by atoms with Crippen LogP contribution in [0.15, 0.2) is 6.20 Å². The van der Waals surface area contributed by atoms with E-state index in [0.29, 0.717) is 12.4 Å². The minimum absolute atomic E-state index is 0. The summed E-state index contributed by atoms with van der Waals surface area (Å²) in [5.74, 6) is 0.0976. The molecule has 0 unspecified atom stereocenters. The first-order chi connectivity index (χ1) is 10.8. The topological polar surface area (TPSA) is 98.1 Å². The molecule has 9 nitrogen and oxygen atoms in total. The molecule has 3 heterocycles. The largest absolute Gasteiger partial charge is 0.465 e. The molecule has 3 rings (SSSR count). The molecule has 0 aromatic carbocycles. The third kappa shape index (κ3) is 4.36. The van der Waals surface area contributed by atoms with Crippen molar-refractivity contribution >= 4 is 34.8 Å². The maximum absolute atomic E-state index is 11.4. The molecule has 0 aliphatic carbocycles. The SMILES string of the molecule is CCOC(=O)Cn1nnc(-c2cnc(N3CCNCC3)s2)n1.Cl. The van der Waals surface area contributed by atoms with Crippen LogP contribution in [-0.4, -0.2) is 63.9 Å². The number of carbonyl (C=O) groups excluding carboxylic acids is 1. The lowest BCUT2D eigenvalue weighted by atomic mass is 10.4. The molecule has 0 spiro atoms. The van der Waals surface area contributed by atoms with Gasteiger partial charge in [0.1, 0.15) is 0 Å². The Balaban J connectivity index is 0.00000192. The van der Waals surface area contributed by atoms with E-state index in [1.165, 1.54) is 16.1 Å². The van der Waals surface area contributed by atoms with Gasteiger partial charge in [-0.1, -0.05) is 11.3 Å². The van der Waals surface area contributed by atoms with Crippen molar-refractivity contribution in [1.82, 2.24) is 30.5 Å². The standard InChI is InChI=1S/C12H17N7O2S.ClH/c1-2-21-10(20)8-19-16-11(15-17-19)9-7-14-12(22-9)18-5-3-13-4-6-18;/h7,13H,2-6,8H2,1H3;1H. The van der Waals surface area contributed by atoms with Gasteiger partial charge in [0, 0.05) is 26.2 Å². The lowest BCUT2D eigenvalue weighted by Crippen LogP contribution is -2.43. The Hall–Kier alpha value is -1.78. The number of nitrogens with one attached hydrogen (secondary N) is 1. The number of anilines is 1. The van der Waals surface area contributed by atoms with Gasteiger partial charge in [0.25, 0.3) is 0 Å². The zero-order chi connectivity index (χ0) is 15.4. The highest BCUT2D eigenvalue weighted by molar-refractivity contribution is 7.18. The fourth-order valence-electron chi connectivity index (χ4n) is 2.10. The van der Waals surface area contributed by atoms with Gasteiger partial charge in [-0.05, 0) is 12.1 Å². The molecular weight excluding hydrogens is 342 g/mol. The van der Waals surface area contributed by atoms with Gasteiger partial charge in [-0.25, -0.2) is 9.78 Å². The Morgan fingerprint density at radius 1 is 1.43 bits per heavy atom. The summed E-state index contributed by atoms with van der Waals surface area (Å²) in [5, 5.41) is 16.3. The van der Waals surface area contributed by atoms with Crippen LogP contribution in [0.1, 0.15) is 6.92 Å². The van der Waals surface area contributed by atoms with E-state index in [2.05, 4.69) is 30.6 Å². The molecule has 1 N–H and O–H groups in total. The van der Waals surface area contributed by atoms with Gasteiger partial charge in [0.15, 0.2) is 11.7 Å². The molecule has 126 valence electrons. The fourth-order valence-corrected chi connectivity index (χ4v) is 2.99. The molecule has 2 aromatic rings. The van der Waals surface area contributed by atoms with E-state index in [1.54, 1.807) is 13.1 Å². The van der Waals surface area contributed by atoms with Crippen molar-refractivity contribution in [3.8, 4) is 10.7 Å². The van der Waals surface area contributed by atoms with Crippen LogP contribution >= 0.6 is 23.7 Å². The molecule has 1 saturated heterocycles. The van der Waals surface area contributed by atoms with E-state index in [1.807, 2.05) is 0 Å². The highest BCUT2D eigenvalue weighted by atomic mass is 35.5. The summed E-state index contributed by atoms with van der Waals surface area (Å²) < 4.78 is 4.85. The van der Waals surface area contributed by atoms with Gasteiger partial charge in [0.2, 0.25) is 5.82 Å². The monoisotopic (exact) mass is 359 g/mol. The van der Waals surface area contributed by atoms with E-state index in [0.717, 1.165) is 36.2 Å². The number of rotatable bonds is 5. The maximum atomic E-state index is 11.4. The molecule has 0 bridgehead atoms. The predicted molar refractivity (Wildman–Crippen MR) is 87.9 cm³/mol. The van der Waals surface area contributed by atoms with Crippen LogP contribution in [0.25, 0.3) is 10.7 Å². The molecule has 0 atom stereocenters. The van der Waals surface area contributed by atoms with Gasteiger partial charge in [0.05, 0.1) is 17.7 Å². The van der Waals surface area contributed by atoms with Gasteiger partial charge in [-0.2, -0.15) is 4.80 Å². The van der Waals surface area contributed by atoms with Gasteiger partial charge in [-0.15, -0.1) is 22.6 Å². The second kappa shape index (κ2) is 8.18. The molecule has 2 aromatic heterocycles.